The van der Waals surface area contributed by atoms with Crippen molar-refractivity contribution in [3.63, 3.8) is 0 Å². The van der Waals surface area contributed by atoms with E-state index in [4.69, 9.17) is 0 Å². The van der Waals surface area contributed by atoms with Crippen molar-refractivity contribution in [2.45, 2.75) is 25.8 Å². The molecule has 1 aliphatic heterocycles. The van der Waals surface area contributed by atoms with E-state index < -0.39 is 0 Å². The molecule has 0 saturated carbocycles. The number of carbonyl (C=O) groups excluding carboxylic acids is 1. The molecule has 0 bridgehead atoms. The van der Waals surface area contributed by atoms with E-state index in [9.17, 15) is 4.79 Å². The van der Waals surface area contributed by atoms with Gasteiger partial charge in [-0.3, -0.25) is 4.79 Å². The molecule has 2 heterocycles. The molecule has 1 aliphatic rings. The molecular weight excluding hydrogens is 224 g/mol. The van der Waals surface area contributed by atoms with Crippen LogP contribution in [-0.4, -0.2) is 46.1 Å². The topological polar surface area (TPSA) is 58.1 Å². The summed E-state index contributed by atoms with van der Waals surface area (Å²) in [6.07, 6.45) is 3.62. The van der Waals surface area contributed by atoms with Gasteiger partial charge in [-0.2, -0.15) is 0 Å². The summed E-state index contributed by atoms with van der Waals surface area (Å²) < 4.78 is 3.74. The molecule has 2 rings (SSSR count). The van der Waals surface area contributed by atoms with Crippen LogP contribution in [-0.2, 0) is 0 Å². The van der Waals surface area contributed by atoms with E-state index >= 15 is 0 Å². The standard InChI is InChI=1S/C10H16N4OS/c1-2-14(8-3-5-11-6-4-8)10(15)9-7-12-13-16-9/h7-8,11H,2-6H2,1H3. The molecule has 0 aromatic carbocycles. The Labute approximate surface area is 99.0 Å². The van der Waals surface area contributed by atoms with Crippen molar-refractivity contribution in [2.24, 2.45) is 0 Å². The Morgan fingerprint density at radius 3 is 2.94 bits per heavy atom. The van der Waals surface area contributed by atoms with Gasteiger partial charge >= 0.3 is 0 Å². The third-order valence-electron chi connectivity index (χ3n) is 2.92. The number of rotatable bonds is 3. The van der Waals surface area contributed by atoms with E-state index in [1.807, 2.05) is 11.8 Å². The number of piperidine rings is 1. The lowest BCUT2D eigenvalue weighted by Crippen LogP contribution is -2.45. The first-order valence-electron chi connectivity index (χ1n) is 5.62. The molecular formula is C10H16N4OS. The highest BCUT2D eigenvalue weighted by molar-refractivity contribution is 7.07. The Morgan fingerprint density at radius 1 is 1.62 bits per heavy atom. The van der Waals surface area contributed by atoms with Crippen LogP contribution in [0.1, 0.15) is 29.4 Å². The van der Waals surface area contributed by atoms with E-state index in [-0.39, 0.29) is 5.91 Å². The Bertz CT molecular complexity index is 335. The van der Waals surface area contributed by atoms with Gasteiger partial charge in [0.1, 0.15) is 4.88 Å². The van der Waals surface area contributed by atoms with Gasteiger partial charge in [0.2, 0.25) is 0 Å². The van der Waals surface area contributed by atoms with Gasteiger partial charge < -0.3 is 10.2 Å². The van der Waals surface area contributed by atoms with Gasteiger partial charge in [0.25, 0.3) is 5.91 Å². The highest BCUT2D eigenvalue weighted by Gasteiger charge is 2.25. The van der Waals surface area contributed by atoms with Gasteiger partial charge in [0, 0.05) is 12.6 Å². The molecule has 1 amide bonds. The zero-order valence-corrected chi connectivity index (χ0v) is 10.2. The van der Waals surface area contributed by atoms with Crippen LogP contribution in [0.15, 0.2) is 6.20 Å². The molecule has 16 heavy (non-hydrogen) atoms. The van der Waals surface area contributed by atoms with Gasteiger partial charge in [-0.1, -0.05) is 4.49 Å². The maximum atomic E-state index is 12.2. The van der Waals surface area contributed by atoms with Crippen molar-refractivity contribution in [2.75, 3.05) is 19.6 Å². The minimum Gasteiger partial charge on any atom is -0.335 e. The molecule has 88 valence electrons. The second-order valence-electron chi connectivity index (χ2n) is 3.85. The summed E-state index contributed by atoms with van der Waals surface area (Å²) >= 11 is 1.17. The van der Waals surface area contributed by atoms with Crippen molar-refractivity contribution in [3.05, 3.63) is 11.1 Å². The van der Waals surface area contributed by atoms with Crippen LogP contribution in [0.25, 0.3) is 0 Å². The fourth-order valence-corrected chi connectivity index (χ4v) is 2.56. The molecule has 0 radical (unpaired) electrons. The van der Waals surface area contributed by atoms with Gasteiger partial charge in [-0.15, -0.1) is 5.10 Å². The van der Waals surface area contributed by atoms with Crippen molar-refractivity contribution in [1.29, 1.82) is 0 Å². The van der Waals surface area contributed by atoms with Gasteiger partial charge in [-0.05, 0) is 44.4 Å². The van der Waals surface area contributed by atoms with Crippen LogP contribution in [0.4, 0.5) is 0 Å². The number of hydrogen-bond acceptors (Lipinski definition) is 5. The van der Waals surface area contributed by atoms with E-state index in [2.05, 4.69) is 14.9 Å². The zero-order valence-electron chi connectivity index (χ0n) is 9.35. The fraction of sp³-hybridized carbons (Fsp3) is 0.700. The van der Waals surface area contributed by atoms with Crippen LogP contribution in [0, 0.1) is 0 Å². The average molecular weight is 240 g/mol. The van der Waals surface area contributed by atoms with Crippen LogP contribution in [0.5, 0.6) is 0 Å². The molecule has 1 aromatic rings. The first-order valence-corrected chi connectivity index (χ1v) is 6.39. The molecule has 0 aliphatic carbocycles. The predicted octanol–water partition coefficient (Wildman–Crippen LogP) is 0.752. The molecule has 1 fully saturated rings. The highest BCUT2D eigenvalue weighted by atomic mass is 32.1. The SMILES string of the molecule is CCN(C(=O)c1cnns1)C1CCNCC1. The van der Waals surface area contributed by atoms with E-state index in [1.165, 1.54) is 11.5 Å². The van der Waals surface area contributed by atoms with E-state index in [0.29, 0.717) is 10.9 Å². The van der Waals surface area contributed by atoms with Crippen molar-refractivity contribution in [3.8, 4) is 0 Å². The largest absolute Gasteiger partial charge is 0.335 e. The third kappa shape index (κ3) is 2.38. The maximum Gasteiger partial charge on any atom is 0.267 e. The van der Waals surface area contributed by atoms with Crippen LogP contribution < -0.4 is 5.32 Å². The van der Waals surface area contributed by atoms with Crippen LogP contribution in [0.2, 0.25) is 0 Å². The fourth-order valence-electron chi connectivity index (χ4n) is 2.09. The number of aromatic nitrogens is 2. The molecule has 0 atom stereocenters. The highest BCUT2D eigenvalue weighted by Crippen LogP contribution is 2.16. The summed E-state index contributed by atoms with van der Waals surface area (Å²) in [6.45, 7) is 4.76. The minimum absolute atomic E-state index is 0.0735. The molecule has 1 aromatic heterocycles. The molecule has 0 unspecified atom stereocenters. The van der Waals surface area contributed by atoms with Crippen molar-refractivity contribution >= 4 is 17.4 Å². The number of amides is 1. The summed E-state index contributed by atoms with van der Waals surface area (Å²) in [6, 6.07) is 0.362. The van der Waals surface area contributed by atoms with Gasteiger partial charge in [-0.25, -0.2) is 0 Å². The minimum atomic E-state index is 0.0735. The van der Waals surface area contributed by atoms with Gasteiger partial charge in [0.15, 0.2) is 0 Å². The number of nitrogens with zero attached hydrogens (tertiary/aromatic N) is 3. The lowest BCUT2D eigenvalue weighted by atomic mass is 10.0. The number of nitrogens with one attached hydrogen (secondary N) is 1. The Hall–Kier alpha value is -1.01. The van der Waals surface area contributed by atoms with Crippen LogP contribution >= 0.6 is 11.5 Å². The lowest BCUT2D eigenvalue weighted by Gasteiger charge is -2.33. The average Bonchev–Trinajstić information content (AvgIpc) is 2.85. The molecule has 0 spiro atoms. The Kier molecular flexibility index (Phi) is 3.84. The molecule has 6 heteroatoms. The quantitative estimate of drug-likeness (QED) is 0.847. The summed E-state index contributed by atoms with van der Waals surface area (Å²) in [4.78, 5) is 14.8. The molecule has 5 nitrogen and oxygen atoms in total. The van der Waals surface area contributed by atoms with Gasteiger partial charge in [0.05, 0.1) is 6.20 Å². The Balaban J connectivity index is 2.06. The second kappa shape index (κ2) is 5.36. The summed E-state index contributed by atoms with van der Waals surface area (Å²) in [7, 11) is 0. The monoisotopic (exact) mass is 240 g/mol. The maximum absolute atomic E-state index is 12.2. The first-order chi connectivity index (χ1) is 7.83. The second-order valence-corrected chi connectivity index (χ2v) is 4.64. The summed E-state index contributed by atoms with van der Waals surface area (Å²) in [5, 5.41) is 7.02. The van der Waals surface area contributed by atoms with Crippen molar-refractivity contribution in [1.82, 2.24) is 19.8 Å². The third-order valence-corrected chi connectivity index (χ3v) is 3.58. The first kappa shape index (κ1) is 11.5. The predicted molar refractivity (Wildman–Crippen MR) is 62.5 cm³/mol. The summed E-state index contributed by atoms with van der Waals surface area (Å²) in [5.74, 6) is 0.0735. The van der Waals surface area contributed by atoms with E-state index in [1.54, 1.807) is 6.20 Å². The van der Waals surface area contributed by atoms with Crippen LogP contribution in [0.3, 0.4) is 0 Å². The molecule has 1 saturated heterocycles. The molecule has 1 N–H and O–H groups in total. The Morgan fingerprint density at radius 2 is 2.38 bits per heavy atom. The van der Waals surface area contributed by atoms with Crippen molar-refractivity contribution < 1.29 is 4.79 Å². The number of carbonyl (C=O) groups is 1. The number of hydrogen-bond donors (Lipinski definition) is 1. The zero-order chi connectivity index (χ0) is 11.4. The normalized spacial score (nSPS) is 17.3. The smallest absolute Gasteiger partial charge is 0.267 e. The van der Waals surface area contributed by atoms with E-state index in [0.717, 1.165) is 32.5 Å². The summed E-state index contributed by atoms with van der Waals surface area (Å²) in [5.41, 5.74) is 0. The lowest BCUT2D eigenvalue weighted by molar-refractivity contribution is 0.0661.